The Balaban J connectivity index is 2.05. The average molecular weight is 300 g/mol. The van der Waals surface area contributed by atoms with Gasteiger partial charge in [0.2, 0.25) is 0 Å². The fraction of sp³-hybridized carbons (Fsp3) is 0.550. The van der Waals surface area contributed by atoms with Crippen molar-refractivity contribution in [3.05, 3.63) is 47.5 Å². The lowest BCUT2D eigenvalue weighted by atomic mass is 9.68. The van der Waals surface area contributed by atoms with E-state index in [0.717, 1.165) is 25.7 Å². The van der Waals surface area contributed by atoms with Gasteiger partial charge in [-0.25, -0.2) is 0 Å². The van der Waals surface area contributed by atoms with Crippen LogP contribution in [0.2, 0.25) is 0 Å². The first-order valence-corrected chi connectivity index (χ1v) is 8.30. The third-order valence-electron chi connectivity index (χ3n) is 5.11. The molecular formula is C20H28O2. The van der Waals surface area contributed by atoms with Crippen LogP contribution in [0.5, 0.6) is 0 Å². The number of hydrogen-bond acceptors (Lipinski definition) is 2. The van der Waals surface area contributed by atoms with Gasteiger partial charge in [0.15, 0.2) is 0 Å². The Morgan fingerprint density at radius 2 is 1.91 bits per heavy atom. The Kier molecular flexibility index (Phi) is 5.44. The summed E-state index contributed by atoms with van der Waals surface area (Å²) in [6, 6.07) is 10.6. The Morgan fingerprint density at radius 3 is 2.55 bits per heavy atom. The first-order chi connectivity index (χ1) is 10.5. The summed E-state index contributed by atoms with van der Waals surface area (Å²) in [6.45, 7) is 6.55. The fourth-order valence-corrected chi connectivity index (χ4v) is 3.63. The molecule has 0 aromatic heterocycles. The molecule has 0 heterocycles. The van der Waals surface area contributed by atoms with Crippen LogP contribution in [0.3, 0.4) is 0 Å². The van der Waals surface area contributed by atoms with Gasteiger partial charge in [-0.05, 0) is 50.0 Å². The molecule has 0 fully saturated rings. The van der Waals surface area contributed by atoms with E-state index in [9.17, 15) is 4.79 Å². The molecule has 0 bridgehead atoms. The van der Waals surface area contributed by atoms with Crippen LogP contribution in [0.4, 0.5) is 0 Å². The van der Waals surface area contributed by atoms with Crippen molar-refractivity contribution in [2.45, 2.75) is 46.5 Å². The number of benzene rings is 1. The number of carbonyl (C=O) groups is 1. The Bertz CT molecular complexity index is 532. The van der Waals surface area contributed by atoms with Crippen LogP contribution < -0.4 is 0 Å². The summed E-state index contributed by atoms with van der Waals surface area (Å²) < 4.78 is 5.01. The second kappa shape index (κ2) is 7.13. The van der Waals surface area contributed by atoms with Crippen LogP contribution in [0.15, 0.2) is 42.0 Å². The summed E-state index contributed by atoms with van der Waals surface area (Å²) in [4.78, 5) is 12.1. The van der Waals surface area contributed by atoms with Gasteiger partial charge in [0.25, 0.3) is 0 Å². The molecule has 3 unspecified atom stereocenters. The Hall–Kier alpha value is -1.57. The molecule has 120 valence electrons. The van der Waals surface area contributed by atoms with E-state index in [1.807, 2.05) is 6.92 Å². The van der Waals surface area contributed by atoms with Gasteiger partial charge in [-0.15, -0.1) is 0 Å². The molecule has 0 radical (unpaired) electrons. The zero-order valence-electron chi connectivity index (χ0n) is 14.3. The van der Waals surface area contributed by atoms with Gasteiger partial charge in [-0.3, -0.25) is 4.79 Å². The van der Waals surface area contributed by atoms with Gasteiger partial charge < -0.3 is 4.74 Å². The predicted octanol–water partition coefficient (Wildman–Crippen LogP) is 4.79. The van der Waals surface area contributed by atoms with Crippen molar-refractivity contribution in [3.63, 3.8) is 0 Å². The minimum atomic E-state index is -0.456. The van der Waals surface area contributed by atoms with E-state index >= 15 is 0 Å². The summed E-state index contributed by atoms with van der Waals surface area (Å²) in [5.74, 6) is 0.959. The van der Waals surface area contributed by atoms with E-state index in [4.69, 9.17) is 4.74 Å². The average Bonchev–Trinajstić information content (AvgIpc) is 2.52. The number of hydrogen-bond donors (Lipinski definition) is 0. The maximum Gasteiger partial charge on any atom is 0.315 e. The summed E-state index contributed by atoms with van der Waals surface area (Å²) in [6.07, 6.45) is 6.35. The lowest BCUT2D eigenvalue weighted by Crippen LogP contribution is -2.35. The predicted molar refractivity (Wildman–Crippen MR) is 90.5 cm³/mol. The Labute approximate surface area is 134 Å². The summed E-state index contributed by atoms with van der Waals surface area (Å²) in [5.41, 5.74) is 2.35. The highest BCUT2D eigenvalue weighted by Crippen LogP contribution is 2.42. The standard InChI is InChI=1S/C20H28O2/c1-15-13-20(3,19(21)22-4)14-18(16(15)2)12-8-11-17-9-6-5-7-10-17/h5-7,9-10,14-16H,8,11-13H2,1-4H3. The van der Waals surface area contributed by atoms with Gasteiger partial charge in [0.1, 0.15) is 0 Å². The van der Waals surface area contributed by atoms with E-state index in [1.165, 1.54) is 18.2 Å². The third-order valence-corrected chi connectivity index (χ3v) is 5.11. The molecular weight excluding hydrogens is 272 g/mol. The molecule has 2 nitrogen and oxygen atoms in total. The van der Waals surface area contributed by atoms with Crippen molar-refractivity contribution in [2.24, 2.45) is 17.3 Å². The smallest absolute Gasteiger partial charge is 0.315 e. The molecule has 1 aromatic rings. The Morgan fingerprint density at radius 1 is 1.23 bits per heavy atom. The first kappa shape index (κ1) is 16.8. The summed E-state index contributed by atoms with van der Waals surface area (Å²) in [7, 11) is 1.49. The fourth-order valence-electron chi connectivity index (χ4n) is 3.63. The van der Waals surface area contributed by atoms with Gasteiger partial charge >= 0.3 is 5.97 Å². The first-order valence-electron chi connectivity index (χ1n) is 8.30. The number of carbonyl (C=O) groups excluding carboxylic acids is 1. The molecule has 22 heavy (non-hydrogen) atoms. The summed E-state index contributed by atoms with van der Waals surface area (Å²) >= 11 is 0. The van der Waals surface area contributed by atoms with Gasteiger partial charge in [-0.2, -0.15) is 0 Å². The van der Waals surface area contributed by atoms with Crippen molar-refractivity contribution < 1.29 is 9.53 Å². The number of esters is 1. The molecule has 0 aliphatic heterocycles. The molecule has 0 amide bonds. The maximum absolute atomic E-state index is 12.1. The van der Waals surface area contributed by atoms with Crippen molar-refractivity contribution in [3.8, 4) is 0 Å². The van der Waals surface area contributed by atoms with E-state index in [-0.39, 0.29) is 5.97 Å². The van der Waals surface area contributed by atoms with Crippen LogP contribution in [0.1, 0.15) is 45.6 Å². The van der Waals surface area contributed by atoms with E-state index in [2.05, 4.69) is 50.3 Å². The quantitative estimate of drug-likeness (QED) is 0.577. The van der Waals surface area contributed by atoms with Crippen LogP contribution in [0.25, 0.3) is 0 Å². The van der Waals surface area contributed by atoms with E-state index in [1.54, 1.807) is 0 Å². The van der Waals surface area contributed by atoms with Crippen molar-refractivity contribution in [1.29, 1.82) is 0 Å². The normalized spacial score (nSPS) is 28.1. The van der Waals surface area contributed by atoms with Crippen LogP contribution in [-0.4, -0.2) is 13.1 Å². The second-order valence-corrected chi connectivity index (χ2v) is 6.94. The van der Waals surface area contributed by atoms with E-state index < -0.39 is 5.41 Å². The molecule has 2 heteroatoms. The number of methoxy groups -OCH3 is 1. The van der Waals surface area contributed by atoms with Gasteiger partial charge in [-0.1, -0.05) is 55.8 Å². The maximum atomic E-state index is 12.1. The lowest BCUT2D eigenvalue weighted by molar-refractivity contribution is -0.150. The highest BCUT2D eigenvalue weighted by Gasteiger charge is 2.39. The van der Waals surface area contributed by atoms with Gasteiger partial charge in [0.05, 0.1) is 12.5 Å². The molecule has 1 aromatic carbocycles. The van der Waals surface area contributed by atoms with Crippen LogP contribution in [0, 0.1) is 17.3 Å². The van der Waals surface area contributed by atoms with Gasteiger partial charge in [0, 0.05) is 0 Å². The zero-order chi connectivity index (χ0) is 16.2. The third kappa shape index (κ3) is 3.79. The molecule has 1 aliphatic carbocycles. The number of aryl methyl sites for hydroxylation is 1. The molecule has 0 saturated heterocycles. The highest BCUT2D eigenvalue weighted by molar-refractivity contribution is 5.79. The highest BCUT2D eigenvalue weighted by atomic mass is 16.5. The lowest BCUT2D eigenvalue weighted by Gasteiger charge is -2.37. The second-order valence-electron chi connectivity index (χ2n) is 6.94. The van der Waals surface area contributed by atoms with Crippen LogP contribution in [-0.2, 0) is 16.0 Å². The number of allylic oxidation sites excluding steroid dienone is 1. The topological polar surface area (TPSA) is 26.3 Å². The molecule has 2 rings (SSSR count). The number of ether oxygens (including phenoxy) is 1. The zero-order valence-corrected chi connectivity index (χ0v) is 14.3. The molecule has 0 spiro atoms. The largest absolute Gasteiger partial charge is 0.468 e. The van der Waals surface area contributed by atoms with Crippen molar-refractivity contribution >= 4 is 5.97 Å². The molecule has 3 atom stereocenters. The monoisotopic (exact) mass is 300 g/mol. The van der Waals surface area contributed by atoms with Crippen LogP contribution >= 0.6 is 0 Å². The van der Waals surface area contributed by atoms with Crippen molar-refractivity contribution in [1.82, 2.24) is 0 Å². The molecule has 1 aliphatic rings. The van der Waals surface area contributed by atoms with E-state index in [0.29, 0.717) is 11.8 Å². The SMILES string of the molecule is COC(=O)C1(C)C=C(CCCc2ccccc2)C(C)C(C)C1. The minimum Gasteiger partial charge on any atom is -0.468 e. The number of rotatable bonds is 5. The molecule has 0 saturated carbocycles. The van der Waals surface area contributed by atoms with Crippen molar-refractivity contribution in [2.75, 3.05) is 7.11 Å². The summed E-state index contributed by atoms with van der Waals surface area (Å²) in [5, 5.41) is 0. The molecule has 0 N–H and O–H groups in total. The minimum absolute atomic E-state index is 0.105.